The maximum Gasteiger partial charge on any atom is 0.119 e. The maximum absolute atomic E-state index is 5.61. The van der Waals surface area contributed by atoms with Crippen molar-refractivity contribution < 1.29 is 4.74 Å². The third-order valence-electron chi connectivity index (χ3n) is 1.94. The number of benzene rings is 1. The highest BCUT2D eigenvalue weighted by Gasteiger charge is 1.98. The van der Waals surface area contributed by atoms with E-state index in [1.54, 1.807) is 0 Å². The van der Waals surface area contributed by atoms with Crippen LogP contribution in [0.25, 0.3) is 0 Å². The Kier molecular flexibility index (Phi) is 4.68. The van der Waals surface area contributed by atoms with E-state index in [1.165, 1.54) is 9.13 Å². The van der Waals surface area contributed by atoms with E-state index in [-0.39, 0.29) is 0 Å². The molecule has 0 heterocycles. The molecule has 2 nitrogen and oxygen atoms in total. The van der Waals surface area contributed by atoms with Gasteiger partial charge in [-0.1, -0.05) is 0 Å². The second kappa shape index (κ2) is 5.56. The van der Waals surface area contributed by atoms with Crippen LogP contribution in [0.2, 0.25) is 0 Å². The number of hydrogen-bond acceptors (Lipinski definition) is 2. The van der Waals surface area contributed by atoms with Gasteiger partial charge in [0.25, 0.3) is 0 Å². The first-order valence-corrected chi connectivity index (χ1v) is 5.71. The van der Waals surface area contributed by atoms with Gasteiger partial charge in [0, 0.05) is 10.1 Å². The zero-order chi connectivity index (χ0) is 10.6. The molecule has 0 aromatic heterocycles. The summed E-state index contributed by atoms with van der Waals surface area (Å²) < 4.78 is 6.89. The summed E-state index contributed by atoms with van der Waals surface area (Å²) in [6.07, 6.45) is 0. The molecule has 0 radical (unpaired) electrons. The molecule has 1 aromatic carbocycles. The van der Waals surface area contributed by atoms with Crippen molar-refractivity contribution in [3.05, 3.63) is 27.3 Å². The van der Waals surface area contributed by atoms with Crippen LogP contribution < -0.4 is 4.74 Å². The zero-order valence-corrected chi connectivity index (χ0v) is 11.0. The first-order valence-electron chi connectivity index (χ1n) is 4.63. The summed E-state index contributed by atoms with van der Waals surface area (Å²) in [5, 5.41) is 0. The summed E-state index contributed by atoms with van der Waals surface area (Å²) in [7, 11) is 4.09. The van der Waals surface area contributed by atoms with Crippen molar-refractivity contribution in [1.29, 1.82) is 0 Å². The fourth-order valence-electron chi connectivity index (χ4n) is 1.05. The molecule has 0 aliphatic carbocycles. The Morgan fingerprint density at radius 2 is 2.07 bits per heavy atom. The van der Waals surface area contributed by atoms with E-state index in [2.05, 4.69) is 46.5 Å². The molecule has 1 aromatic rings. The van der Waals surface area contributed by atoms with Crippen LogP contribution >= 0.6 is 22.6 Å². The topological polar surface area (TPSA) is 12.5 Å². The zero-order valence-electron chi connectivity index (χ0n) is 8.88. The lowest BCUT2D eigenvalue weighted by molar-refractivity contribution is 0.261. The van der Waals surface area contributed by atoms with Crippen LogP contribution in [-0.2, 0) is 0 Å². The van der Waals surface area contributed by atoms with E-state index in [0.717, 1.165) is 18.9 Å². The third-order valence-corrected chi connectivity index (χ3v) is 3.15. The highest BCUT2D eigenvalue weighted by molar-refractivity contribution is 14.1. The van der Waals surface area contributed by atoms with Crippen molar-refractivity contribution in [2.75, 3.05) is 27.2 Å². The largest absolute Gasteiger partial charge is 0.492 e. The van der Waals surface area contributed by atoms with Gasteiger partial charge in [-0.05, 0) is 67.4 Å². The van der Waals surface area contributed by atoms with Crippen LogP contribution in [0, 0.1) is 10.5 Å². The molecule has 0 unspecified atom stereocenters. The van der Waals surface area contributed by atoms with E-state index in [1.807, 2.05) is 20.2 Å². The fourth-order valence-corrected chi connectivity index (χ4v) is 1.39. The molecule has 14 heavy (non-hydrogen) atoms. The number of ether oxygens (including phenoxy) is 1. The van der Waals surface area contributed by atoms with Gasteiger partial charge in [-0.3, -0.25) is 0 Å². The molecule has 1 rings (SSSR count). The van der Waals surface area contributed by atoms with Crippen LogP contribution in [0.3, 0.4) is 0 Å². The molecule has 0 saturated carbocycles. The van der Waals surface area contributed by atoms with Gasteiger partial charge in [-0.25, -0.2) is 0 Å². The van der Waals surface area contributed by atoms with Gasteiger partial charge in [0.05, 0.1) is 0 Å². The van der Waals surface area contributed by atoms with E-state index in [0.29, 0.717) is 0 Å². The van der Waals surface area contributed by atoms with Gasteiger partial charge in [0.2, 0.25) is 0 Å². The molecule has 0 bridgehead atoms. The molecule has 0 aliphatic rings. The van der Waals surface area contributed by atoms with Gasteiger partial charge < -0.3 is 9.64 Å². The summed E-state index contributed by atoms with van der Waals surface area (Å²) in [5.74, 6) is 0.963. The van der Waals surface area contributed by atoms with Crippen molar-refractivity contribution >= 4 is 22.6 Å². The van der Waals surface area contributed by atoms with Gasteiger partial charge >= 0.3 is 0 Å². The molecule has 0 atom stereocenters. The lowest BCUT2D eigenvalue weighted by atomic mass is 10.2. The Morgan fingerprint density at radius 3 is 2.64 bits per heavy atom. The Labute approximate surface area is 99.4 Å². The molecule has 0 amide bonds. The highest BCUT2D eigenvalue weighted by Crippen LogP contribution is 2.18. The minimum absolute atomic E-state index is 0.743. The van der Waals surface area contributed by atoms with Crippen LogP contribution in [0.1, 0.15) is 5.56 Å². The summed E-state index contributed by atoms with van der Waals surface area (Å²) >= 11 is 2.33. The first-order chi connectivity index (χ1) is 6.59. The molecular weight excluding hydrogens is 289 g/mol. The van der Waals surface area contributed by atoms with E-state index < -0.39 is 0 Å². The first kappa shape index (κ1) is 11.8. The Balaban J connectivity index is 2.47. The number of halogens is 1. The number of nitrogens with zero attached hydrogens (tertiary/aromatic N) is 1. The van der Waals surface area contributed by atoms with Crippen LogP contribution in [0.4, 0.5) is 0 Å². The second-order valence-corrected chi connectivity index (χ2v) is 4.72. The van der Waals surface area contributed by atoms with Crippen molar-refractivity contribution in [3.63, 3.8) is 0 Å². The molecule has 0 N–H and O–H groups in total. The lowest BCUT2D eigenvalue weighted by Crippen LogP contribution is -2.19. The average molecular weight is 305 g/mol. The molecular formula is C11H16INO. The molecule has 0 fully saturated rings. The monoisotopic (exact) mass is 305 g/mol. The van der Waals surface area contributed by atoms with Crippen LogP contribution in [0.15, 0.2) is 18.2 Å². The second-order valence-electron chi connectivity index (χ2n) is 3.56. The Hall–Kier alpha value is -0.290. The molecule has 0 spiro atoms. The Bertz CT molecular complexity index is 299. The van der Waals surface area contributed by atoms with Crippen molar-refractivity contribution in [2.24, 2.45) is 0 Å². The van der Waals surface area contributed by atoms with Gasteiger partial charge in [0.15, 0.2) is 0 Å². The third kappa shape index (κ3) is 3.84. The van der Waals surface area contributed by atoms with Gasteiger partial charge in [-0.15, -0.1) is 0 Å². The smallest absolute Gasteiger partial charge is 0.119 e. The normalized spacial score (nSPS) is 10.6. The number of aryl methyl sites for hydroxylation is 1. The summed E-state index contributed by atoms with van der Waals surface area (Å²) in [6.45, 7) is 3.79. The molecule has 0 saturated heterocycles. The van der Waals surface area contributed by atoms with Crippen LogP contribution in [0.5, 0.6) is 5.75 Å². The summed E-state index contributed by atoms with van der Waals surface area (Å²) in [6, 6.07) is 6.18. The SMILES string of the molecule is Cc1cc(OCCN(C)C)ccc1I. The van der Waals surface area contributed by atoms with E-state index >= 15 is 0 Å². The molecule has 0 aliphatic heterocycles. The summed E-state index contributed by atoms with van der Waals surface area (Å²) in [5.41, 5.74) is 1.27. The number of hydrogen-bond donors (Lipinski definition) is 0. The van der Waals surface area contributed by atoms with Gasteiger partial charge in [-0.2, -0.15) is 0 Å². The van der Waals surface area contributed by atoms with Crippen molar-refractivity contribution in [3.8, 4) is 5.75 Å². The quantitative estimate of drug-likeness (QED) is 0.793. The predicted octanol–water partition coefficient (Wildman–Crippen LogP) is 2.54. The minimum Gasteiger partial charge on any atom is -0.492 e. The maximum atomic E-state index is 5.61. The van der Waals surface area contributed by atoms with Crippen molar-refractivity contribution in [2.45, 2.75) is 6.92 Å². The Morgan fingerprint density at radius 1 is 1.36 bits per heavy atom. The molecule has 78 valence electrons. The number of rotatable bonds is 4. The van der Waals surface area contributed by atoms with Gasteiger partial charge in [0.1, 0.15) is 12.4 Å². The summed E-state index contributed by atoms with van der Waals surface area (Å²) in [4.78, 5) is 2.11. The highest BCUT2D eigenvalue weighted by atomic mass is 127. The number of likely N-dealkylation sites (N-methyl/N-ethyl adjacent to an activating group) is 1. The lowest BCUT2D eigenvalue weighted by Gasteiger charge is -2.11. The minimum atomic E-state index is 0.743. The fraction of sp³-hybridized carbons (Fsp3) is 0.455. The standard InChI is InChI=1S/C11H16INO/c1-9-8-10(4-5-11(9)12)14-7-6-13(2)3/h4-5,8H,6-7H2,1-3H3. The van der Waals surface area contributed by atoms with E-state index in [9.17, 15) is 0 Å². The predicted molar refractivity (Wildman–Crippen MR) is 67.9 cm³/mol. The van der Waals surface area contributed by atoms with Crippen molar-refractivity contribution in [1.82, 2.24) is 4.90 Å². The average Bonchev–Trinajstić information content (AvgIpc) is 2.10. The van der Waals surface area contributed by atoms with E-state index in [4.69, 9.17) is 4.74 Å². The van der Waals surface area contributed by atoms with Crippen LogP contribution in [-0.4, -0.2) is 32.1 Å². The molecule has 3 heteroatoms.